The molecule has 0 radical (unpaired) electrons. The van der Waals surface area contributed by atoms with Gasteiger partial charge in [0.1, 0.15) is 6.61 Å². The lowest BCUT2D eigenvalue weighted by atomic mass is 10.2. The van der Waals surface area contributed by atoms with E-state index in [2.05, 4.69) is 11.7 Å². The highest BCUT2D eigenvalue weighted by molar-refractivity contribution is 14.1. The first-order valence-corrected chi connectivity index (χ1v) is 7.69. The standard InChI is InChI=1S/C14H12F7IN2O2/c1-3-4-26-11-8(5-9(22)6-10(11)25-2)7-23-24-14(20,21)12(15,16)13(17,18)19/h3,5-7,24H,1,4H2,2H3/b23-7-. The Balaban J connectivity index is 3.14. The number of benzene rings is 1. The summed E-state index contributed by atoms with van der Waals surface area (Å²) in [6, 6.07) is -2.77. The highest BCUT2D eigenvalue weighted by Gasteiger charge is 2.73. The number of ether oxygens (including phenoxy) is 2. The highest BCUT2D eigenvalue weighted by atomic mass is 127. The third-order valence-corrected chi connectivity index (χ3v) is 3.40. The topological polar surface area (TPSA) is 42.8 Å². The fraction of sp³-hybridized carbons (Fsp3) is 0.357. The van der Waals surface area contributed by atoms with Crippen molar-refractivity contribution in [3.63, 3.8) is 0 Å². The largest absolute Gasteiger partial charge is 0.493 e. The second-order valence-electron chi connectivity index (χ2n) is 4.64. The van der Waals surface area contributed by atoms with E-state index in [1.807, 2.05) is 22.6 Å². The summed E-state index contributed by atoms with van der Waals surface area (Å²) < 4.78 is 99.0. The van der Waals surface area contributed by atoms with Crippen molar-refractivity contribution >= 4 is 28.8 Å². The van der Waals surface area contributed by atoms with Crippen molar-refractivity contribution in [1.29, 1.82) is 0 Å². The molecule has 0 aliphatic carbocycles. The average Bonchev–Trinajstić information content (AvgIpc) is 2.51. The molecule has 0 saturated heterocycles. The van der Waals surface area contributed by atoms with Gasteiger partial charge in [0, 0.05) is 9.13 Å². The maximum Gasteiger partial charge on any atom is 0.462 e. The lowest BCUT2D eigenvalue weighted by Crippen LogP contribution is -2.58. The monoisotopic (exact) mass is 500 g/mol. The first-order chi connectivity index (χ1) is 11.9. The molecule has 0 bridgehead atoms. The van der Waals surface area contributed by atoms with E-state index in [4.69, 9.17) is 9.47 Å². The minimum atomic E-state index is -6.46. The zero-order valence-electron chi connectivity index (χ0n) is 13.0. The molecule has 0 spiro atoms. The molecular formula is C14H12F7IN2O2. The molecule has 12 heteroatoms. The van der Waals surface area contributed by atoms with Crippen molar-refractivity contribution in [3.05, 3.63) is 33.9 Å². The number of alkyl halides is 7. The van der Waals surface area contributed by atoms with Gasteiger partial charge in [-0.15, -0.1) is 0 Å². The van der Waals surface area contributed by atoms with Crippen LogP contribution in [0.15, 0.2) is 29.9 Å². The number of hydrazone groups is 1. The molecule has 1 rings (SSSR count). The van der Waals surface area contributed by atoms with E-state index in [1.165, 1.54) is 25.3 Å². The van der Waals surface area contributed by atoms with Gasteiger partial charge < -0.3 is 9.47 Å². The molecule has 0 aromatic heterocycles. The minimum absolute atomic E-state index is 0.00642. The van der Waals surface area contributed by atoms with Crippen LogP contribution < -0.4 is 14.9 Å². The van der Waals surface area contributed by atoms with Crippen molar-refractivity contribution < 1.29 is 40.2 Å². The van der Waals surface area contributed by atoms with Crippen molar-refractivity contribution in [2.24, 2.45) is 5.10 Å². The van der Waals surface area contributed by atoms with E-state index in [-0.39, 0.29) is 23.7 Å². The zero-order valence-corrected chi connectivity index (χ0v) is 15.2. The normalized spacial score (nSPS) is 13.0. The molecule has 0 aliphatic heterocycles. The lowest BCUT2D eigenvalue weighted by molar-refractivity contribution is -0.361. The van der Waals surface area contributed by atoms with Gasteiger partial charge in [0.15, 0.2) is 11.5 Å². The van der Waals surface area contributed by atoms with Crippen LogP contribution in [0.1, 0.15) is 5.56 Å². The maximum absolute atomic E-state index is 13.2. The fourth-order valence-electron chi connectivity index (χ4n) is 1.56. The summed E-state index contributed by atoms with van der Waals surface area (Å²) in [6.07, 6.45) is -4.47. The third kappa shape index (κ3) is 4.92. The van der Waals surface area contributed by atoms with Crippen LogP contribution in [-0.4, -0.2) is 38.1 Å². The first-order valence-electron chi connectivity index (χ1n) is 6.61. The summed E-state index contributed by atoms with van der Waals surface area (Å²) in [5, 5.41) is 2.81. The average molecular weight is 500 g/mol. The van der Waals surface area contributed by atoms with Gasteiger partial charge in [-0.1, -0.05) is 12.7 Å². The van der Waals surface area contributed by atoms with Gasteiger partial charge in [0.05, 0.1) is 13.3 Å². The van der Waals surface area contributed by atoms with Crippen LogP contribution in [0.3, 0.4) is 0 Å². The Hall–Kier alpha value is -1.73. The zero-order chi connectivity index (χ0) is 20.2. The summed E-state index contributed by atoms with van der Waals surface area (Å²) in [5.41, 5.74) is 0.550. The smallest absolute Gasteiger partial charge is 0.462 e. The van der Waals surface area contributed by atoms with E-state index < -0.39 is 18.1 Å². The van der Waals surface area contributed by atoms with Gasteiger partial charge in [0.25, 0.3) is 0 Å². The number of halogens is 8. The number of nitrogens with one attached hydrogen (secondary N) is 1. The first kappa shape index (κ1) is 22.3. The molecule has 0 fully saturated rings. The Morgan fingerprint density at radius 1 is 1.19 bits per heavy atom. The van der Waals surface area contributed by atoms with Gasteiger partial charge in [0.2, 0.25) is 0 Å². The third-order valence-electron chi connectivity index (χ3n) is 2.77. The number of nitrogens with zero attached hydrogens (tertiary/aromatic N) is 1. The van der Waals surface area contributed by atoms with Crippen LogP contribution in [-0.2, 0) is 0 Å². The summed E-state index contributed by atoms with van der Waals surface area (Å²) in [5.74, 6) is -6.13. The van der Waals surface area contributed by atoms with Gasteiger partial charge in [-0.3, -0.25) is 0 Å². The van der Waals surface area contributed by atoms with Crippen LogP contribution in [0.4, 0.5) is 30.7 Å². The Morgan fingerprint density at radius 2 is 1.81 bits per heavy atom. The molecule has 0 unspecified atom stereocenters. The van der Waals surface area contributed by atoms with E-state index in [1.54, 1.807) is 0 Å². The minimum Gasteiger partial charge on any atom is -0.493 e. The molecule has 26 heavy (non-hydrogen) atoms. The molecule has 0 atom stereocenters. The number of hydrogen-bond donors (Lipinski definition) is 1. The number of hydrogen-bond acceptors (Lipinski definition) is 4. The molecule has 1 N–H and O–H groups in total. The van der Waals surface area contributed by atoms with Gasteiger partial charge in [-0.25, -0.2) is 5.43 Å². The predicted molar refractivity (Wildman–Crippen MR) is 88.1 cm³/mol. The SMILES string of the molecule is C=CCOc1c(/C=N\NC(F)(F)C(F)(F)C(F)(F)F)cc(I)cc1OC. The van der Waals surface area contributed by atoms with Crippen LogP contribution in [0.2, 0.25) is 0 Å². The molecule has 146 valence electrons. The molecular weight excluding hydrogens is 488 g/mol. The van der Waals surface area contributed by atoms with Crippen molar-refractivity contribution in [2.75, 3.05) is 13.7 Å². The van der Waals surface area contributed by atoms with E-state index in [0.717, 1.165) is 0 Å². The van der Waals surface area contributed by atoms with E-state index >= 15 is 0 Å². The molecule has 1 aromatic carbocycles. The van der Waals surface area contributed by atoms with Crippen molar-refractivity contribution in [2.45, 2.75) is 18.1 Å². The summed E-state index contributed by atoms with van der Waals surface area (Å²) in [4.78, 5) is 0. The van der Waals surface area contributed by atoms with Gasteiger partial charge >= 0.3 is 18.1 Å². The summed E-state index contributed by atoms with van der Waals surface area (Å²) >= 11 is 1.85. The molecule has 0 aliphatic rings. The van der Waals surface area contributed by atoms with Crippen LogP contribution >= 0.6 is 22.6 Å². The fourth-order valence-corrected chi connectivity index (χ4v) is 2.18. The summed E-state index contributed by atoms with van der Waals surface area (Å²) in [7, 11) is 1.30. The Kier molecular flexibility index (Phi) is 7.13. The lowest BCUT2D eigenvalue weighted by Gasteiger charge is -2.27. The van der Waals surface area contributed by atoms with Crippen molar-refractivity contribution in [1.82, 2.24) is 5.43 Å². The van der Waals surface area contributed by atoms with Crippen LogP contribution in [0, 0.1) is 3.57 Å². The number of methoxy groups -OCH3 is 1. The molecule has 0 heterocycles. The quantitative estimate of drug-likeness (QED) is 0.142. The molecule has 1 aromatic rings. The second kappa shape index (κ2) is 8.31. The highest BCUT2D eigenvalue weighted by Crippen LogP contribution is 2.45. The molecule has 0 saturated carbocycles. The van der Waals surface area contributed by atoms with Crippen molar-refractivity contribution in [3.8, 4) is 11.5 Å². The molecule has 0 amide bonds. The van der Waals surface area contributed by atoms with Gasteiger partial charge in [-0.05, 0) is 34.7 Å². The van der Waals surface area contributed by atoms with Gasteiger partial charge in [-0.2, -0.15) is 35.8 Å². The van der Waals surface area contributed by atoms with Crippen LogP contribution in [0.25, 0.3) is 0 Å². The predicted octanol–water partition coefficient (Wildman–Crippen LogP) is 4.58. The van der Waals surface area contributed by atoms with E-state index in [0.29, 0.717) is 15.2 Å². The Morgan fingerprint density at radius 3 is 2.31 bits per heavy atom. The van der Waals surface area contributed by atoms with Crippen LogP contribution in [0.5, 0.6) is 11.5 Å². The number of rotatable bonds is 8. The Bertz CT molecular complexity index is 678. The Labute approximate surface area is 157 Å². The molecule has 4 nitrogen and oxygen atoms in total. The summed E-state index contributed by atoms with van der Waals surface area (Å²) in [6.45, 7) is 3.41. The van der Waals surface area contributed by atoms with E-state index in [9.17, 15) is 30.7 Å². The maximum atomic E-state index is 13.2. The second-order valence-corrected chi connectivity index (χ2v) is 5.89.